The van der Waals surface area contributed by atoms with E-state index in [1.165, 1.54) is 0 Å². The second kappa shape index (κ2) is 3.47. The highest BCUT2D eigenvalue weighted by Gasteiger charge is 2.63. The first kappa shape index (κ1) is 10.9. The van der Waals surface area contributed by atoms with Gasteiger partial charge in [0.15, 0.2) is 0 Å². The van der Waals surface area contributed by atoms with Gasteiger partial charge in [-0.25, -0.2) is 0 Å². The van der Waals surface area contributed by atoms with E-state index in [1.54, 1.807) is 13.3 Å². The van der Waals surface area contributed by atoms with E-state index >= 15 is 0 Å². The summed E-state index contributed by atoms with van der Waals surface area (Å²) in [6.45, 7) is 3.92. The molecule has 1 saturated carbocycles. The van der Waals surface area contributed by atoms with Gasteiger partial charge in [0.05, 0.1) is 19.2 Å². The molecule has 0 bridgehead atoms. The predicted octanol–water partition coefficient (Wildman–Crippen LogP) is 1.91. The van der Waals surface area contributed by atoms with Crippen LogP contribution in [0.5, 0.6) is 5.75 Å². The maximum absolute atomic E-state index is 11.0. The molecule has 2 rings (SSSR count). The fourth-order valence-electron chi connectivity index (χ4n) is 2.35. The lowest BCUT2D eigenvalue weighted by atomic mass is 10.1. The molecular weight excluding hydrogens is 206 g/mol. The first-order valence-electron chi connectivity index (χ1n) is 5.21. The Morgan fingerprint density at radius 2 is 2.19 bits per heavy atom. The van der Waals surface area contributed by atoms with Crippen LogP contribution in [0.4, 0.5) is 0 Å². The Morgan fingerprint density at radius 3 is 2.56 bits per heavy atom. The molecule has 16 heavy (non-hydrogen) atoms. The van der Waals surface area contributed by atoms with E-state index in [0.29, 0.717) is 5.75 Å². The molecule has 1 aliphatic carbocycles. The summed E-state index contributed by atoms with van der Waals surface area (Å²) in [7, 11) is 1.58. The maximum atomic E-state index is 11.0. The molecule has 0 spiro atoms. The van der Waals surface area contributed by atoms with E-state index in [-0.39, 0.29) is 17.3 Å². The van der Waals surface area contributed by atoms with Crippen LogP contribution in [0.3, 0.4) is 0 Å². The normalized spacial score (nSPS) is 26.2. The number of methoxy groups -OCH3 is 1. The molecule has 1 fully saturated rings. The highest BCUT2D eigenvalue weighted by molar-refractivity contribution is 5.77. The highest BCUT2D eigenvalue weighted by Crippen LogP contribution is 2.63. The minimum atomic E-state index is -0.743. The summed E-state index contributed by atoms with van der Waals surface area (Å²) in [6, 6.07) is 3.66. The Balaban J connectivity index is 2.23. The third-order valence-corrected chi connectivity index (χ3v) is 3.41. The van der Waals surface area contributed by atoms with Crippen molar-refractivity contribution in [3.8, 4) is 5.75 Å². The van der Waals surface area contributed by atoms with Crippen LogP contribution in [0.25, 0.3) is 0 Å². The van der Waals surface area contributed by atoms with Crippen LogP contribution in [0.2, 0.25) is 0 Å². The number of nitrogens with zero attached hydrogens (tertiary/aromatic N) is 1. The van der Waals surface area contributed by atoms with Gasteiger partial charge in [-0.2, -0.15) is 0 Å². The van der Waals surface area contributed by atoms with E-state index in [2.05, 4.69) is 4.98 Å². The van der Waals surface area contributed by atoms with Crippen LogP contribution >= 0.6 is 0 Å². The molecule has 1 aromatic rings. The summed E-state index contributed by atoms with van der Waals surface area (Å²) in [6.07, 6.45) is 1.63. The number of ether oxygens (including phenoxy) is 1. The van der Waals surface area contributed by atoms with Crippen molar-refractivity contribution in [1.29, 1.82) is 0 Å². The zero-order valence-electron chi connectivity index (χ0n) is 9.60. The molecule has 2 atom stereocenters. The van der Waals surface area contributed by atoms with E-state index in [1.807, 2.05) is 26.0 Å². The second-order valence-electron chi connectivity index (χ2n) is 4.74. The number of aromatic nitrogens is 1. The van der Waals surface area contributed by atoms with E-state index < -0.39 is 5.97 Å². The zero-order valence-corrected chi connectivity index (χ0v) is 9.60. The lowest BCUT2D eigenvalue weighted by Gasteiger charge is -2.03. The van der Waals surface area contributed by atoms with Crippen LogP contribution in [0.1, 0.15) is 25.5 Å². The number of rotatable bonds is 3. The topological polar surface area (TPSA) is 59.4 Å². The van der Waals surface area contributed by atoms with Crippen molar-refractivity contribution in [2.45, 2.75) is 19.8 Å². The lowest BCUT2D eigenvalue weighted by Crippen LogP contribution is -2.03. The summed E-state index contributed by atoms with van der Waals surface area (Å²) in [5.41, 5.74) is 0.631. The molecule has 4 heteroatoms. The Morgan fingerprint density at radius 1 is 1.50 bits per heavy atom. The average Bonchev–Trinajstić information content (AvgIpc) is 2.82. The molecule has 0 radical (unpaired) electrons. The van der Waals surface area contributed by atoms with Gasteiger partial charge in [0.2, 0.25) is 0 Å². The maximum Gasteiger partial charge on any atom is 0.307 e. The molecule has 1 N–H and O–H groups in total. The van der Waals surface area contributed by atoms with Crippen molar-refractivity contribution in [2.24, 2.45) is 11.3 Å². The van der Waals surface area contributed by atoms with Gasteiger partial charge in [0.25, 0.3) is 0 Å². The molecule has 0 aliphatic heterocycles. The van der Waals surface area contributed by atoms with Crippen molar-refractivity contribution in [1.82, 2.24) is 4.98 Å². The number of carboxylic acids is 1. The predicted molar refractivity (Wildman–Crippen MR) is 58.4 cm³/mol. The molecule has 0 saturated heterocycles. The Hall–Kier alpha value is -1.58. The van der Waals surface area contributed by atoms with Gasteiger partial charge in [-0.15, -0.1) is 0 Å². The minimum Gasteiger partial charge on any atom is -0.495 e. The molecule has 1 aromatic heterocycles. The summed E-state index contributed by atoms with van der Waals surface area (Å²) in [5, 5.41) is 9.07. The molecule has 1 heterocycles. The third-order valence-electron chi connectivity index (χ3n) is 3.41. The number of hydrogen-bond acceptors (Lipinski definition) is 3. The van der Waals surface area contributed by atoms with Crippen molar-refractivity contribution in [2.75, 3.05) is 7.11 Å². The molecule has 4 nitrogen and oxygen atoms in total. The van der Waals surface area contributed by atoms with Crippen molar-refractivity contribution in [3.63, 3.8) is 0 Å². The molecule has 0 amide bonds. The van der Waals surface area contributed by atoms with Gasteiger partial charge in [0, 0.05) is 11.6 Å². The summed E-state index contributed by atoms with van der Waals surface area (Å²) in [4.78, 5) is 15.3. The number of carboxylic acid groups (broad SMARTS) is 1. The monoisotopic (exact) mass is 221 g/mol. The smallest absolute Gasteiger partial charge is 0.307 e. The van der Waals surface area contributed by atoms with Crippen LogP contribution in [0.15, 0.2) is 18.3 Å². The fourth-order valence-corrected chi connectivity index (χ4v) is 2.35. The van der Waals surface area contributed by atoms with Crippen LogP contribution in [0, 0.1) is 11.3 Å². The number of carbonyl (C=O) groups is 1. The van der Waals surface area contributed by atoms with Crippen molar-refractivity contribution in [3.05, 3.63) is 24.0 Å². The fraction of sp³-hybridized carbons (Fsp3) is 0.500. The zero-order chi connectivity index (χ0) is 11.9. The number of aliphatic carboxylic acids is 1. The van der Waals surface area contributed by atoms with E-state index in [0.717, 1.165) is 5.69 Å². The lowest BCUT2D eigenvalue weighted by molar-refractivity contribution is -0.139. The summed E-state index contributed by atoms with van der Waals surface area (Å²) < 4.78 is 5.02. The molecule has 0 unspecified atom stereocenters. The minimum absolute atomic E-state index is 0.0101. The van der Waals surface area contributed by atoms with E-state index in [4.69, 9.17) is 9.84 Å². The molecular formula is C12H15NO3. The Kier molecular flexibility index (Phi) is 2.37. The Labute approximate surface area is 94.3 Å². The highest BCUT2D eigenvalue weighted by atomic mass is 16.5. The first-order valence-corrected chi connectivity index (χ1v) is 5.21. The Bertz CT molecular complexity index is 411. The standard InChI is InChI=1S/C12H15NO3/c1-12(2)9(10(12)11(14)15)8-5-4-7(16-3)6-13-8/h4-6,9-10H,1-3H3,(H,14,15)/t9-,10+/m1/s1. The van der Waals surface area contributed by atoms with Crippen LogP contribution < -0.4 is 4.74 Å². The summed E-state index contributed by atoms with van der Waals surface area (Å²) >= 11 is 0. The van der Waals surface area contributed by atoms with Gasteiger partial charge in [-0.1, -0.05) is 13.8 Å². The average molecular weight is 221 g/mol. The van der Waals surface area contributed by atoms with Crippen molar-refractivity contribution >= 4 is 5.97 Å². The third kappa shape index (κ3) is 1.54. The second-order valence-corrected chi connectivity index (χ2v) is 4.74. The van der Waals surface area contributed by atoms with Crippen LogP contribution in [-0.2, 0) is 4.79 Å². The molecule has 86 valence electrons. The van der Waals surface area contributed by atoms with Gasteiger partial charge < -0.3 is 9.84 Å². The summed E-state index contributed by atoms with van der Waals surface area (Å²) in [5.74, 6) is -0.369. The van der Waals surface area contributed by atoms with Gasteiger partial charge in [-0.05, 0) is 17.5 Å². The molecule has 0 aromatic carbocycles. The van der Waals surface area contributed by atoms with Gasteiger partial charge >= 0.3 is 5.97 Å². The van der Waals surface area contributed by atoms with Gasteiger partial charge in [-0.3, -0.25) is 9.78 Å². The largest absolute Gasteiger partial charge is 0.495 e. The van der Waals surface area contributed by atoms with Gasteiger partial charge in [0.1, 0.15) is 5.75 Å². The first-order chi connectivity index (χ1) is 7.48. The number of pyridine rings is 1. The number of hydrogen-bond donors (Lipinski definition) is 1. The van der Waals surface area contributed by atoms with Crippen molar-refractivity contribution < 1.29 is 14.6 Å². The molecule has 1 aliphatic rings. The SMILES string of the molecule is COc1ccc([C@@H]2[C@@H](C(=O)O)C2(C)C)nc1. The quantitative estimate of drug-likeness (QED) is 0.847. The van der Waals surface area contributed by atoms with Crippen LogP contribution in [-0.4, -0.2) is 23.2 Å². The van der Waals surface area contributed by atoms with E-state index in [9.17, 15) is 4.79 Å².